The summed E-state index contributed by atoms with van der Waals surface area (Å²) < 4.78 is 0. The van der Waals surface area contributed by atoms with Gasteiger partial charge in [-0.3, -0.25) is 9.69 Å². The van der Waals surface area contributed by atoms with Gasteiger partial charge in [0.25, 0.3) is 0 Å². The molecule has 4 aromatic rings. The normalized spacial score (nSPS) is 19.4. The summed E-state index contributed by atoms with van der Waals surface area (Å²) in [5, 5.41) is 15.3. The number of rotatable bonds is 6. The largest absolute Gasteiger partial charge is 0.508 e. The Morgan fingerprint density at radius 2 is 1.60 bits per heavy atom. The number of fused-ring (bicyclic) bond motifs is 2. The fraction of sp³-hybridized carbons (Fsp3) is 0.273. The van der Waals surface area contributed by atoms with Gasteiger partial charge in [-0.05, 0) is 46.0 Å². The van der Waals surface area contributed by atoms with Gasteiger partial charge in [0.15, 0.2) is 0 Å². The summed E-state index contributed by atoms with van der Waals surface area (Å²) in [6.45, 7) is 2.85. The molecule has 2 saturated heterocycles. The summed E-state index contributed by atoms with van der Waals surface area (Å²) in [5.41, 5.74) is 3.32. The van der Waals surface area contributed by atoms with E-state index in [9.17, 15) is 14.7 Å². The zero-order valence-electron chi connectivity index (χ0n) is 22.4. The van der Waals surface area contributed by atoms with E-state index in [4.69, 9.17) is 0 Å². The van der Waals surface area contributed by atoms with Gasteiger partial charge in [-0.15, -0.1) is 0 Å². The van der Waals surface area contributed by atoms with Crippen molar-refractivity contribution in [2.24, 2.45) is 0 Å². The van der Waals surface area contributed by atoms with E-state index in [1.54, 1.807) is 12.1 Å². The quantitative estimate of drug-likeness (QED) is 0.375. The van der Waals surface area contributed by atoms with Gasteiger partial charge in [0, 0.05) is 39.1 Å². The van der Waals surface area contributed by atoms with Crippen LogP contribution in [0, 0.1) is 0 Å². The minimum atomic E-state index is -0.358. The monoisotopic (exact) mass is 534 g/mol. The number of phenolic OH excluding ortho intramolecular Hbond substituents is 1. The van der Waals surface area contributed by atoms with Crippen LogP contribution in [0.4, 0.5) is 4.79 Å². The highest BCUT2D eigenvalue weighted by Gasteiger charge is 2.44. The van der Waals surface area contributed by atoms with Crippen LogP contribution in [0.2, 0.25) is 0 Å². The lowest BCUT2D eigenvalue weighted by atomic mass is 9.97. The van der Waals surface area contributed by atoms with E-state index in [0.717, 1.165) is 17.7 Å². The SMILES string of the molecule is O=C(NCc1ccccc1)N1CCC(=O)N2C1CN(Cc1cccc3ccccc13)C[C@H]2Cc1ccc(O)cc1. The van der Waals surface area contributed by atoms with Crippen molar-refractivity contribution in [1.82, 2.24) is 20.0 Å². The van der Waals surface area contributed by atoms with Crippen molar-refractivity contribution in [3.63, 3.8) is 0 Å². The zero-order valence-corrected chi connectivity index (χ0v) is 22.4. The van der Waals surface area contributed by atoms with E-state index in [0.29, 0.717) is 39.0 Å². The lowest BCUT2D eigenvalue weighted by Crippen LogP contribution is -2.70. The number of piperazine rings is 1. The Hall–Kier alpha value is -4.36. The molecule has 4 aromatic carbocycles. The van der Waals surface area contributed by atoms with Crippen LogP contribution >= 0.6 is 0 Å². The topological polar surface area (TPSA) is 76.1 Å². The molecular formula is C33H34N4O3. The minimum absolute atomic E-state index is 0.0886. The van der Waals surface area contributed by atoms with Gasteiger partial charge < -0.3 is 20.2 Å². The van der Waals surface area contributed by atoms with Crippen LogP contribution in [0.25, 0.3) is 10.8 Å². The number of hydrogen-bond donors (Lipinski definition) is 2. The molecule has 204 valence electrons. The van der Waals surface area contributed by atoms with Gasteiger partial charge >= 0.3 is 6.03 Å². The number of nitrogens with one attached hydrogen (secondary N) is 1. The molecule has 2 N–H and O–H groups in total. The molecule has 2 atom stereocenters. The molecule has 40 heavy (non-hydrogen) atoms. The number of nitrogens with zero attached hydrogens (tertiary/aromatic N) is 3. The van der Waals surface area contributed by atoms with Crippen LogP contribution in [-0.4, -0.2) is 63.6 Å². The average Bonchev–Trinajstić information content (AvgIpc) is 2.98. The molecule has 1 unspecified atom stereocenters. The van der Waals surface area contributed by atoms with E-state index in [1.807, 2.05) is 52.3 Å². The van der Waals surface area contributed by atoms with Crippen molar-refractivity contribution in [3.05, 3.63) is 114 Å². The van der Waals surface area contributed by atoms with E-state index < -0.39 is 0 Å². The lowest BCUT2D eigenvalue weighted by molar-refractivity contribution is -0.153. The fourth-order valence-electron chi connectivity index (χ4n) is 6.11. The predicted octanol–water partition coefficient (Wildman–Crippen LogP) is 4.74. The summed E-state index contributed by atoms with van der Waals surface area (Å²) in [4.78, 5) is 33.0. The van der Waals surface area contributed by atoms with Gasteiger partial charge in [-0.1, -0.05) is 84.9 Å². The van der Waals surface area contributed by atoms with E-state index >= 15 is 0 Å². The molecule has 3 amide bonds. The molecule has 0 radical (unpaired) electrons. The average molecular weight is 535 g/mol. The van der Waals surface area contributed by atoms with Crippen molar-refractivity contribution < 1.29 is 14.7 Å². The van der Waals surface area contributed by atoms with Crippen LogP contribution in [0.1, 0.15) is 23.1 Å². The third kappa shape index (κ3) is 5.51. The van der Waals surface area contributed by atoms with E-state index in [1.165, 1.54) is 16.3 Å². The number of aromatic hydroxyl groups is 1. The van der Waals surface area contributed by atoms with Gasteiger partial charge in [-0.2, -0.15) is 0 Å². The maximum Gasteiger partial charge on any atom is 0.319 e. The number of carbonyl (C=O) groups excluding carboxylic acids is 2. The van der Waals surface area contributed by atoms with E-state index in [-0.39, 0.29) is 29.9 Å². The number of hydrogen-bond acceptors (Lipinski definition) is 4. The molecule has 7 heteroatoms. The number of amides is 3. The molecule has 2 fully saturated rings. The second kappa shape index (κ2) is 11.4. The zero-order chi connectivity index (χ0) is 27.5. The van der Waals surface area contributed by atoms with Crippen LogP contribution in [0.3, 0.4) is 0 Å². The van der Waals surface area contributed by atoms with Crippen molar-refractivity contribution in [2.45, 2.75) is 38.1 Å². The predicted molar refractivity (Wildman–Crippen MR) is 155 cm³/mol. The standard InChI is InChI=1S/C33H34N4O3/c38-29-15-13-24(14-16-29)19-28-22-35(21-27-11-6-10-26-9-4-5-12-30(26)27)23-31-36(18-17-32(39)37(28)31)33(40)34-20-25-7-2-1-3-8-25/h1-16,28,31,38H,17-23H2,(H,34,40)/t28-,31?/m1/s1. The Morgan fingerprint density at radius 3 is 2.42 bits per heavy atom. The Labute approximate surface area is 234 Å². The van der Waals surface area contributed by atoms with Gasteiger partial charge in [0.05, 0.1) is 6.04 Å². The van der Waals surface area contributed by atoms with E-state index in [2.05, 4.69) is 52.7 Å². The minimum Gasteiger partial charge on any atom is -0.508 e. The molecule has 0 aliphatic carbocycles. The maximum atomic E-state index is 13.5. The molecule has 0 bridgehead atoms. The van der Waals surface area contributed by atoms with Gasteiger partial charge in [-0.25, -0.2) is 4.79 Å². The molecule has 2 aliphatic heterocycles. The van der Waals surface area contributed by atoms with Crippen LogP contribution in [0.5, 0.6) is 5.75 Å². The first-order valence-electron chi connectivity index (χ1n) is 13.9. The first-order valence-corrected chi connectivity index (χ1v) is 13.9. The van der Waals surface area contributed by atoms with Crippen molar-refractivity contribution in [3.8, 4) is 5.75 Å². The van der Waals surface area contributed by atoms with Gasteiger partial charge in [0.1, 0.15) is 11.9 Å². The van der Waals surface area contributed by atoms with Crippen molar-refractivity contribution in [2.75, 3.05) is 19.6 Å². The number of carbonyl (C=O) groups is 2. The Balaban J connectivity index is 1.28. The molecule has 7 nitrogen and oxygen atoms in total. The summed E-state index contributed by atoms with van der Waals surface area (Å²) in [6, 6.07) is 31.6. The first kappa shape index (κ1) is 25.9. The van der Waals surface area contributed by atoms with Crippen molar-refractivity contribution >= 4 is 22.7 Å². The molecular weight excluding hydrogens is 500 g/mol. The number of benzene rings is 4. The maximum absolute atomic E-state index is 13.5. The van der Waals surface area contributed by atoms with Crippen LogP contribution < -0.4 is 5.32 Å². The lowest BCUT2D eigenvalue weighted by Gasteiger charge is -2.53. The number of phenols is 1. The van der Waals surface area contributed by atoms with Crippen LogP contribution in [0.15, 0.2) is 97.1 Å². The summed E-state index contributed by atoms with van der Waals surface area (Å²) in [5.74, 6) is 0.309. The van der Waals surface area contributed by atoms with Crippen LogP contribution in [-0.2, 0) is 24.3 Å². The molecule has 0 saturated carbocycles. The fourth-order valence-corrected chi connectivity index (χ4v) is 6.11. The summed E-state index contributed by atoms with van der Waals surface area (Å²) in [6.07, 6.45) is 0.599. The molecule has 0 spiro atoms. The second-order valence-corrected chi connectivity index (χ2v) is 10.7. The van der Waals surface area contributed by atoms with Gasteiger partial charge in [0.2, 0.25) is 5.91 Å². The molecule has 2 aliphatic rings. The molecule has 0 aromatic heterocycles. The highest BCUT2D eigenvalue weighted by atomic mass is 16.3. The Morgan fingerprint density at radius 1 is 0.850 bits per heavy atom. The number of urea groups is 1. The summed E-state index contributed by atoms with van der Waals surface area (Å²) in [7, 11) is 0. The highest BCUT2D eigenvalue weighted by Crippen LogP contribution is 2.29. The molecule has 2 heterocycles. The summed E-state index contributed by atoms with van der Waals surface area (Å²) >= 11 is 0. The third-order valence-corrected chi connectivity index (χ3v) is 8.05. The Bertz CT molecular complexity index is 1490. The highest BCUT2D eigenvalue weighted by molar-refractivity contribution is 5.85. The molecule has 6 rings (SSSR count). The van der Waals surface area contributed by atoms with Crippen molar-refractivity contribution in [1.29, 1.82) is 0 Å². The second-order valence-electron chi connectivity index (χ2n) is 10.7. The Kier molecular flexibility index (Phi) is 7.38. The first-order chi connectivity index (χ1) is 19.5. The smallest absolute Gasteiger partial charge is 0.319 e. The third-order valence-electron chi connectivity index (χ3n) is 8.05.